The lowest BCUT2D eigenvalue weighted by molar-refractivity contribution is -0.138. The van der Waals surface area contributed by atoms with Crippen molar-refractivity contribution in [3.63, 3.8) is 0 Å². The summed E-state index contributed by atoms with van der Waals surface area (Å²) in [6.45, 7) is 2.40. The topological polar surface area (TPSA) is 26.3 Å². The van der Waals surface area contributed by atoms with Crippen LogP contribution < -0.4 is 4.74 Å². The molecule has 0 aliphatic rings. The average molecular weight is 232 g/mol. The molecule has 1 aromatic rings. The maximum Gasteiger partial charge on any atom is 0.417 e. The number of hydrogen-bond donors (Lipinski definition) is 0. The van der Waals surface area contributed by atoms with E-state index in [1.54, 1.807) is 0 Å². The van der Waals surface area contributed by atoms with Gasteiger partial charge in [-0.1, -0.05) is 6.07 Å². The Morgan fingerprint density at radius 2 is 1.88 bits per heavy atom. The fourth-order valence-corrected chi connectivity index (χ4v) is 1.57. The first-order valence-corrected chi connectivity index (χ1v) is 4.54. The molecule has 88 valence electrons. The van der Waals surface area contributed by atoms with E-state index < -0.39 is 23.1 Å². The molecule has 5 heteroatoms. The van der Waals surface area contributed by atoms with Gasteiger partial charge in [0.1, 0.15) is 5.75 Å². The van der Waals surface area contributed by atoms with Gasteiger partial charge in [-0.05, 0) is 25.5 Å². The van der Waals surface area contributed by atoms with Crippen LogP contribution in [0.25, 0.3) is 0 Å². The van der Waals surface area contributed by atoms with Crippen LogP contribution in [0.1, 0.15) is 28.4 Å². The van der Waals surface area contributed by atoms with Crippen LogP contribution in [0.3, 0.4) is 0 Å². The minimum absolute atomic E-state index is 0.0125. The number of benzene rings is 1. The summed E-state index contributed by atoms with van der Waals surface area (Å²) in [6, 6.07) is 2.65. The molecule has 0 aliphatic heterocycles. The van der Waals surface area contributed by atoms with Crippen molar-refractivity contribution in [1.29, 1.82) is 0 Å². The Bertz CT molecular complexity index is 422. The van der Waals surface area contributed by atoms with Gasteiger partial charge >= 0.3 is 6.18 Å². The van der Waals surface area contributed by atoms with Gasteiger partial charge < -0.3 is 4.74 Å². The van der Waals surface area contributed by atoms with E-state index in [4.69, 9.17) is 4.74 Å². The Hall–Kier alpha value is -1.52. The molecule has 0 bridgehead atoms. The summed E-state index contributed by atoms with van der Waals surface area (Å²) in [7, 11) is 1.23. The predicted molar refractivity (Wildman–Crippen MR) is 52.7 cm³/mol. The normalized spacial score (nSPS) is 11.4. The molecule has 2 nitrogen and oxygen atoms in total. The van der Waals surface area contributed by atoms with E-state index in [2.05, 4.69) is 0 Å². The summed E-state index contributed by atoms with van der Waals surface area (Å²) in [5.74, 6) is -0.710. The Labute approximate surface area is 91.0 Å². The monoisotopic (exact) mass is 232 g/mol. The lowest BCUT2D eigenvalue weighted by Gasteiger charge is -2.16. The molecule has 0 spiro atoms. The molecule has 0 N–H and O–H groups in total. The second-order valence-electron chi connectivity index (χ2n) is 3.39. The summed E-state index contributed by atoms with van der Waals surface area (Å²) < 4.78 is 43.1. The molecule has 16 heavy (non-hydrogen) atoms. The van der Waals surface area contributed by atoms with Crippen LogP contribution in [-0.2, 0) is 6.18 Å². The number of hydrogen-bond acceptors (Lipinski definition) is 2. The van der Waals surface area contributed by atoms with Crippen molar-refractivity contribution in [2.45, 2.75) is 20.0 Å². The van der Waals surface area contributed by atoms with Gasteiger partial charge in [0, 0.05) is 0 Å². The summed E-state index contributed by atoms with van der Waals surface area (Å²) in [4.78, 5) is 11.3. The number of ether oxygens (including phenoxy) is 1. The number of rotatable bonds is 2. The van der Waals surface area contributed by atoms with Gasteiger partial charge in [-0.15, -0.1) is 0 Å². The third-order valence-corrected chi connectivity index (χ3v) is 2.23. The van der Waals surface area contributed by atoms with Crippen molar-refractivity contribution >= 4 is 5.78 Å². The molecule has 0 aliphatic carbocycles. The number of methoxy groups -OCH3 is 1. The number of carbonyl (C=O) groups is 1. The number of halogens is 3. The molecule has 0 fully saturated rings. The average Bonchev–Trinajstić information content (AvgIpc) is 2.15. The lowest BCUT2D eigenvalue weighted by Crippen LogP contribution is -2.15. The van der Waals surface area contributed by atoms with E-state index in [0.29, 0.717) is 0 Å². The van der Waals surface area contributed by atoms with Crippen molar-refractivity contribution in [2.75, 3.05) is 7.11 Å². The number of ketones is 1. The molecule has 0 atom stereocenters. The molecular weight excluding hydrogens is 221 g/mol. The molecule has 0 aromatic heterocycles. The van der Waals surface area contributed by atoms with Crippen LogP contribution in [0, 0.1) is 6.92 Å². The number of carbonyl (C=O) groups excluding carboxylic acids is 1. The highest BCUT2D eigenvalue weighted by Gasteiger charge is 2.37. The summed E-state index contributed by atoms with van der Waals surface area (Å²) in [5.41, 5.74) is -1.31. The molecule has 1 aromatic carbocycles. The highest BCUT2D eigenvalue weighted by atomic mass is 19.4. The van der Waals surface area contributed by atoms with Gasteiger partial charge in [-0.2, -0.15) is 13.2 Å². The lowest BCUT2D eigenvalue weighted by atomic mass is 9.98. The fraction of sp³-hybridized carbons (Fsp3) is 0.364. The Morgan fingerprint density at radius 1 is 1.31 bits per heavy atom. The molecule has 0 heterocycles. The number of Topliss-reactive ketones (excluding diaryl/α,β-unsaturated/α-hetero) is 1. The van der Waals surface area contributed by atoms with Crippen LogP contribution in [0.15, 0.2) is 12.1 Å². The largest absolute Gasteiger partial charge is 0.496 e. The third-order valence-electron chi connectivity index (χ3n) is 2.23. The van der Waals surface area contributed by atoms with Gasteiger partial charge in [-0.3, -0.25) is 4.79 Å². The van der Waals surface area contributed by atoms with Crippen LogP contribution in [-0.4, -0.2) is 12.9 Å². The number of alkyl halides is 3. The van der Waals surface area contributed by atoms with E-state index in [9.17, 15) is 18.0 Å². The van der Waals surface area contributed by atoms with E-state index in [1.807, 2.05) is 0 Å². The van der Waals surface area contributed by atoms with E-state index in [-0.39, 0.29) is 11.3 Å². The highest BCUT2D eigenvalue weighted by molar-refractivity contribution is 5.98. The van der Waals surface area contributed by atoms with E-state index >= 15 is 0 Å². The van der Waals surface area contributed by atoms with Crippen molar-refractivity contribution in [3.8, 4) is 5.75 Å². The van der Waals surface area contributed by atoms with Crippen molar-refractivity contribution in [3.05, 3.63) is 28.8 Å². The summed E-state index contributed by atoms with van der Waals surface area (Å²) in [6.07, 6.45) is -4.56. The smallest absolute Gasteiger partial charge is 0.417 e. The molecule has 0 saturated heterocycles. The number of aryl methyl sites for hydroxylation is 1. The summed E-state index contributed by atoms with van der Waals surface area (Å²) in [5, 5.41) is 0. The van der Waals surface area contributed by atoms with Gasteiger partial charge in [0.25, 0.3) is 0 Å². The van der Waals surface area contributed by atoms with Gasteiger partial charge in [0.2, 0.25) is 0 Å². The minimum atomic E-state index is -4.56. The second-order valence-corrected chi connectivity index (χ2v) is 3.39. The third kappa shape index (κ3) is 2.18. The van der Waals surface area contributed by atoms with Crippen LogP contribution in [0.4, 0.5) is 13.2 Å². The molecule has 0 radical (unpaired) electrons. The zero-order valence-corrected chi connectivity index (χ0v) is 9.11. The zero-order chi connectivity index (χ0) is 12.5. The Morgan fingerprint density at radius 3 is 2.25 bits per heavy atom. The molecule has 1 rings (SSSR count). The van der Waals surface area contributed by atoms with E-state index in [1.165, 1.54) is 26.2 Å². The van der Waals surface area contributed by atoms with Gasteiger partial charge in [0.15, 0.2) is 5.78 Å². The standard InChI is InChI=1S/C11H11F3O2/c1-6-4-5-8(16-3)9(7(2)15)10(6)11(12,13)14/h4-5H,1-3H3. The SMILES string of the molecule is COc1ccc(C)c(C(F)(F)F)c1C(C)=O. The van der Waals surface area contributed by atoms with Crippen molar-refractivity contribution in [1.82, 2.24) is 0 Å². The Balaban J connectivity index is 3.62. The minimum Gasteiger partial charge on any atom is -0.496 e. The molecule has 0 saturated carbocycles. The first-order chi connectivity index (χ1) is 7.29. The maximum atomic E-state index is 12.8. The molecular formula is C11H11F3O2. The second kappa shape index (κ2) is 4.15. The summed E-state index contributed by atoms with van der Waals surface area (Å²) >= 11 is 0. The van der Waals surface area contributed by atoms with Gasteiger partial charge in [-0.25, -0.2) is 0 Å². The van der Waals surface area contributed by atoms with Crippen LogP contribution in [0.2, 0.25) is 0 Å². The van der Waals surface area contributed by atoms with Crippen LogP contribution in [0.5, 0.6) is 5.75 Å². The first-order valence-electron chi connectivity index (χ1n) is 4.54. The molecule has 0 unspecified atom stereocenters. The first kappa shape index (κ1) is 12.5. The Kier molecular flexibility index (Phi) is 3.26. The highest BCUT2D eigenvalue weighted by Crippen LogP contribution is 2.38. The van der Waals surface area contributed by atoms with Crippen molar-refractivity contribution in [2.24, 2.45) is 0 Å². The fourth-order valence-electron chi connectivity index (χ4n) is 1.57. The van der Waals surface area contributed by atoms with Crippen molar-refractivity contribution < 1.29 is 22.7 Å². The quantitative estimate of drug-likeness (QED) is 0.732. The molecule has 0 amide bonds. The van der Waals surface area contributed by atoms with E-state index in [0.717, 1.165) is 6.92 Å². The zero-order valence-electron chi connectivity index (χ0n) is 9.11. The predicted octanol–water partition coefficient (Wildman–Crippen LogP) is 3.23. The maximum absolute atomic E-state index is 12.8. The van der Waals surface area contributed by atoms with Crippen LogP contribution >= 0.6 is 0 Å². The van der Waals surface area contributed by atoms with Gasteiger partial charge in [0.05, 0.1) is 18.2 Å².